The van der Waals surface area contributed by atoms with Gasteiger partial charge < -0.3 is 19.5 Å². The van der Waals surface area contributed by atoms with E-state index < -0.39 is 0 Å². The van der Waals surface area contributed by atoms with E-state index in [1.54, 1.807) is 0 Å². The van der Waals surface area contributed by atoms with Crippen molar-refractivity contribution in [2.75, 3.05) is 44.7 Å². The number of aromatic amines is 1. The maximum atomic E-state index is 5.87. The summed E-state index contributed by atoms with van der Waals surface area (Å²) in [4.78, 5) is 13.5. The van der Waals surface area contributed by atoms with Gasteiger partial charge >= 0.3 is 0 Å². The number of nitrogens with zero attached hydrogens (tertiary/aromatic N) is 3. The average molecular weight is 342 g/mol. The molecule has 0 aliphatic carbocycles. The molecule has 5 heteroatoms. The number of H-pyrrole nitrogens is 1. The molecule has 2 aliphatic rings. The molecule has 3 heterocycles. The minimum atomic E-state index is -0.0536. The highest BCUT2D eigenvalue weighted by molar-refractivity contribution is 5.83. The van der Waals surface area contributed by atoms with Crippen molar-refractivity contribution in [3.05, 3.63) is 23.5 Å². The molecule has 2 aromatic rings. The van der Waals surface area contributed by atoms with Crippen LogP contribution in [-0.4, -0.2) is 60.3 Å². The van der Waals surface area contributed by atoms with Crippen LogP contribution >= 0.6 is 0 Å². The highest BCUT2D eigenvalue weighted by Gasteiger charge is 2.31. The number of hydrogen-bond acceptors (Lipinski definition) is 4. The molecule has 1 N–H and O–H groups in total. The summed E-state index contributed by atoms with van der Waals surface area (Å²) in [5, 5.41) is 0. The van der Waals surface area contributed by atoms with Gasteiger partial charge in [0.25, 0.3) is 0 Å². The number of fused-ring (bicyclic) bond motifs is 1. The molecule has 1 unspecified atom stereocenters. The number of aromatic nitrogens is 2. The van der Waals surface area contributed by atoms with Crippen LogP contribution in [0.15, 0.2) is 12.1 Å². The Balaban J connectivity index is 1.63. The minimum Gasteiger partial charge on any atom is -0.376 e. The first-order valence-electron chi connectivity index (χ1n) is 9.49. The van der Waals surface area contributed by atoms with Gasteiger partial charge in [-0.1, -0.05) is 0 Å². The molecule has 2 aliphatic heterocycles. The molecule has 1 atom stereocenters. The molecule has 1 aromatic carbocycles. The maximum Gasteiger partial charge on any atom is 0.110 e. The molecular formula is C20H30N4O. The second kappa shape index (κ2) is 6.29. The standard InChI is InChI=1S/C20H30N4O/c1-14-11-16(24-8-6-23(4)7-9-24)12-17-18(14)22-19(21-17)15-5-10-25-20(2,3)13-15/h11-12,15H,5-10,13H2,1-4H3,(H,21,22). The van der Waals surface area contributed by atoms with E-state index in [2.05, 4.69) is 54.7 Å². The molecule has 0 radical (unpaired) electrons. The van der Waals surface area contributed by atoms with E-state index in [9.17, 15) is 0 Å². The highest BCUT2D eigenvalue weighted by atomic mass is 16.5. The third-order valence-corrected chi connectivity index (χ3v) is 5.73. The largest absolute Gasteiger partial charge is 0.376 e. The van der Waals surface area contributed by atoms with Gasteiger partial charge in [-0.2, -0.15) is 0 Å². The van der Waals surface area contributed by atoms with E-state index in [4.69, 9.17) is 9.72 Å². The van der Waals surface area contributed by atoms with Gasteiger partial charge in [0.15, 0.2) is 0 Å². The minimum absolute atomic E-state index is 0.0536. The Kier molecular flexibility index (Phi) is 4.24. The number of hydrogen-bond donors (Lipinski definition) is 1. The Morgan fingerprint density at radius 1 is 1.20 bits per heavy atom. The Bertz CT molecular complexity index is 758. The molecule has 1 aromatic heterocycles. The van der Waals surface area contributed by atoms with Gasteiger partial charge in [-0.05, 0) is 58.4 Å². The summed E-state index contributed by atoms with van der Waals surface area (Å²) in [7, 11) is 2.20. The lowest BCUT2D eigenvalue weighted by Gasteiger charge is -2.34. The fourth-order valence-electron chi connectivity index (χ4n) is 4.20. The molecule has 0 amide bonds. The van der Waals surface area contributed by atoms with Crippen molar-refractivity contribution in [1.82, 2.24) is 14.9 Å². The molecule has 4 rings (SSSR count). The molecule has 5 nitrogen and oxygen atoms in total. The first-order valence-corrected chi connectivity index (χ1v) is 9.49. The first kappa shape index (κ1) is 16.9. The molecule has 136 valence electrons. The average Bonchev–Trinajstić information content (AvgIpc) is 2.99. The van der Waals surface area contributed by atoms with E-state index in [1.807, 2.05) is 0 Å². The van der Waals surface area contributed by atoms with Crippen LogP contribution in [0.25, 0.3) is 11.0 Å². The lowest BCUT2D eigenvalue weighted by molar-refractivity contribution is -0.0601. The summed E-state index contributed by atoms with van der Waals surface area (Å²) in [6, 6.07) is 4.58. The number of rotatable bonds is 2. The number of piperazine rings is 1. The van der Waals surface area contributed by atoms with Crippen molar-refractivity contribution in [2.24, 2.45) is 0 Å². The lowest BCUT2D eigenvalue weighted by atomic mass is 9.88. The molecule has 0 saturated carbocycles. The number of aryl methyl sites for hydroxylation is 1. The number of nitrogens with one attached hydrogen (secondary N) is 1. The number of ether oxygens (including phenoxy) is 1. The third kappa shape index (κ3) is 3.40. The van der Waals surface area contributed by atoms with Crippen molar-refractivity contribution in [2.45, 2.75) is 45.1 Å². The van der Waals surface area contributed by atoms with Crippen LogP contribution in [0.3, 0.4) is 0 Å². The fraction of sp³-hybridized carbons (Fsp3) is 0.650. The van der Waals surface area contributed by atoms with E-state index in [-0.39, 0.29) is 5.60 Å². The molecular weight excluding hydrogens is 312 g/mol. The topological polar surface area (TPSA) is 44.4 Å². The predicted octanol–water partition coefficient (Wildman–Crippen LogP) is 3.30. The van der Waals surface area contributed by atoms with Gasteiger partial charge in [-0.25, -0.2) is 4.98 Å². The third-order valence-electron chi connectivity index (χ3n) is 5.73. The van der Waals surface area contributed by atoms with Crippen LogP contribution < -0.4 is 4.90 Å². The van der Waals surface area contributed by atoms with E-state index >= 15 is 0 Å². The summed E-state index contributed by atoms with van der Waals surface area (Å²) < 4.78 is 5.87. The van der Waals surface area contributed by atoms with Gasteiger partial charge in [-0.3, -0.25) is 0 Å². The van der Waals surface area contributed by atoms with E-state index in [0.29, 0.717) is 5.92 Å². The van der Waals surface area contributed by atoms with Crippen LogP contribution in [0.1, 0.15) is 44.0 Å². The number of benzene rings is 1. The molecule has 0 spiro atoms. The van der Waals surface area contributed by atoms with Crippen LogP contribution in [0.5, 0.6) is 0 Å². The number of imidazole rings is 1. The number of likely N-dealkylation sites (N-methyl/N-ethyl adjacent to an activating group) is 1. The van der Waals surface area contributed by atoms with E-state index in [1.165, 1.54) is 16.8 Å². The quantitative estimate of drug-likeness (QED) is 0.909. The summed E-state index contributed by atoms with van der Waals surface area (Å²) in [6.07, 6.45) is 2.07. The monoisotopic (exact) mass is 342 g/mol. The maximum absolute atomic E-state index is 5.87. The second-order valence-electron chi connectivity index (χ2n) is 8.37. The molecule has 2 fully saturated rings. The normalized spacial score (nSPS) is 24.8. The Hall–Kier alpha value is -1.59. The first-order chi connectivity index (χ1) is 11.9. The summed E-state index contributed by atoms with van der Waals surface area (Å²) in [5.41, 5.74) is 4.83. The van der Waals surface area contributed by atoms with Crippen molar-refractivity contribution in [1.29, 1.82) is 0 Å². The van der Waals surface area contributed by atoms with Gasteiger partial charge in [0, 0.05) is 44.4 Å². The molecule has 0 bridgehead atoms. The predicted molar refractivity (Wildman–Crippen MR) is 103 cm³/mol. The Labute approximate surface area is 150 Å². The summed E-state index contributed by atoms with van der Waals surface area (Å²) in [6.45, 7) is 11.8. The SMILES string of the molecule is Cc1cc(N2CCN(C)CC2)cc2[nH]c(C3CCOC(C)(C)C3)nc12. The number of anilines is 1. The van der Waals surface area contributed by atoms with Crippen molar-refractivity contribution >= 4 is 16.7 Å². The second-order valence-corrected chi connectivity index (χ2v) is 8.37. The fourth-order valence-corrected chi connectivity index (χ4v) is 4.20. The van der Waals surface area contributed by atoms with Crippen molar-refractivity contribution < 1.29 is 4.74 Å². The van der Waals surface area contributed by atoms with Gasteiger partial charge in [0.2, 0.25) is 0 Å². The van der Waals surface area contributed by atoms with Crippen LogP contribution in [0.4, 0.5) is 5.69 Å². The molecule has 25 heavy (non-hydrogen) atoms. The van der Waals surface area contributed by atoms with Crippen LogP contribution in [0, 0.1) is 6.92 Å². The van der Waals surface area contributed by atoms with Crippen molar-refractivity contribution in [3.63, 3.8) is 0 Å². The zero-order chi connectivity index (χ0) is 17.6. The summed E-state index contributed by atoms with van der Waals surface area (Å²) in [5.74, 6) is 1.59. The van der Waals surface area contributed by atoms with Gasteiger partial charge in [-0.15, -0.1) is 0 Å². The zero-order valence-corrected chi connectivity index (χ0v) is 15.9. The van der Waals surface area contributed by atoms with E-state index in [0.717, 1.165) is 57.0 Å². The van der Waals surface area contributed by atoms with Gasteiger partial charge in [0.05, 0.1) is 16.6 Å². The highest BCUT2D eigenvalue weighted by Crippen LogP contribution is 2.36. The van der Waals surface area contributed by atoms with Crippen LogP contribution in [-0.2, 0) is 4.74 Å². The Morgan fingerprint density at radius 3 is 2.68 bits per heavy atom. The molecule has 2 saturated heterocycles. The van der Waals surface area contributed by atoms with Gasteiger partial charge in [0.1, 0.15) is 5.82 Å². The van der Waals surface area contributed by atoms with Crippen LogP contribution in [0.2, 0.25) is 0 Å². The zero-order valence-electron chi connectivity index (χ0n) is 15.9. The smallest absolute Gasteiger partial charge is 0.110 e. The lowest BCUT2D eigenvalue weighted by Crippen LogP contribution is -2.44. The van der Waals surface area contributed by atoms with Crippen molar-refractivity contribution in [3.8, 4) is 0 Å². The summed E-state index contributed by atoms with van der Waals surface area (Å²) >= 11 is 0. The Morgan fingerprint density at radius 2 is 1.96 bits per heavy atom.